The van der Waals surface area contributed by atoms with E-state index >= 15 is 0 Å². The van der Waals surface area contributed by atoms with Crippen molar-refractivity contribution in [3.8, 4) is 0 Å². The molecule has 0 atom stereocenters. The highest BCUT2D eigenvalue weighted by atomic mass is 19.2. The number of hydrogen-bond donors (Lipinski definition) is 0. The molecule has 5 heteroatoms. The topological polar surface area (TPSA) is 34.1 Å². The van der Waals surface area contributed by atoms with Gasteiger partial charge in [-0.2, -0.15) is 0 Å². The summed E-state index contributed by atoms with van der Waals surface area (Å²) in [4.78, 5) is 21.5. The highest BCUT2D eigenvalue weighted by Crippen LogP contribution is 2.15. The summed E-state index contributed by atoms with van der Waals surface area (Å²) in [5.41, 5.74) is -0.753. The van der Waals surface area contributed by atoms with E-state index in [1.165, 1.54) is 0 Å². The molecule has 0 spiro atoms. The van der Waals surface area contributed by atoms with Crippen molar-refractivity contribution < 1.29 is 22.8 Å². The maximum atomic E-state index is 12.9. The van der Waals surface area contributed by atoms with Crippen LogP contribution in [0.1, 0.15) is 17.3 Å². The van der Waals surface area contributed by atoms with Gasteiger partial charge in [0.1, 0.15) is 0 Å². The van der Waals surface area contributed by atoms with Crippen LogP contribution in [0.5, 0.6) is 0 Å². The number of hydrogen-bond acceptors (Lipinski definition) is 2. The summed E-state index contributed by atoms with van der Waals surface area (Å²) in [5, 5.41) is 0. The van der Waals surface area contributed by atoms with Gasteiger partial charge in [0.15, 0.2) is 23.2 Å². The fourth-order valence-corrected chi connectivity index (χ4v) is 0.891. The zero-order valence-corrected chi connectivity index (χ0v) is 7.11. The van der Waals surface area contributed by atoms with Crippen LogP contribution in [0.3, 0.4) is 0 Å². The number of carbonyl (C=O) groups is 2. The lowest BCUT2D eigenvalue weighted by Gasteiger charge is -2.00. The number of benzene rings is 1. The second kappa shape index (κ2) is 3.61. The van der Waals surface area contributed by atoms with Crippen LogP contribution in [0.25, 0.3) is 0 Å². The Kier molecular flexibility index (Phi) is 2.69. The van der Waals surface area contributed by atoms with Gasteiger partial charge in [-0.15, -0.1) is 0 Å². The molecule has 0 saturated carbocycles. The van der Waals surface area contributed by atoms with Gasteiger partial charge in [-0.1, -0.05) is 0 Å². The summed E-state index contributed by atoms with van der Waals surface area (Å²) in [6, 6.07) is 1.33. The van der Waals surface area contributed by atoms with Crippen molar-refractivity contribution in [3.63, 3.8) is 0 Å². The van der Waals surface area contributed by atoms with E-state index < -0.39 is 34.6 Å². The van der Waals surface area contributed by atoms with E-state index in [0.717, 1.165) is 13.0 Å². The number of halogens is 3. The predicted molar refractivity (Wildman–Crippen MR) is 41.3 cm³/mol. The van der Waals surface area contributed by atoms with Gasteiger partial charge in [0.25, 0.3) is 0 Å². The van der Waals surface area contributed by atoms with Crippen LogP contribution in [0, 0.1) is 17.5 Å². The van der Waals surface area contributed by atoms with Crippen molar-refractivity contribution in [3.05, 3.63) is 35.1 Å². The van der Waals surface area contributed by atoms with E-state index in [9.17, 15) is 22.8 Å². The second-order valence-corrected chi connectivity index (χ2v) is 2.61. The normalized spacial score (nSPS) is 10.0. The van der Waals surface area contributed by atoms with E-state index in [1.807, 2.05) is 0 Å². The first-order valence-corrected chi connectivity index (χ1v) is 3.64. The molecule has 0 bridgehead atoms. The van der Waals surface area contributed by atoms with Gasteiger partial charge in [-0.05, 0) is 12.1 Å². The van der Waals surface area contributed by atoms with Crippen LogP contribution in [-0.4, -0.2) is 11.6 Å². The molecular formula is C9H5F3O2. The van der Waals surface area contributed by atoms with Crippen LogP contribution < -0.4 is 0 Å². The molecule has 0 aliphatic carbocycles. The van der Waals surface area contributed by atoms with Crippen molar-refractivity contribution in [2.45, 2.75) is 6.92 Å². The Labute approximate surface area is 77.3 Å². The number of carbonyl (C=O) groups excluding carboxylic acids is 2. The molecule has 0 heterocycles. The monoisotopic (exact) mass is 202 g/mol. The fourth-order valence-electron chi connectivity index (χ4n) is 0.891. The lowest BCUT2D eigenvalue weighted by molar-refractivity contribution is -0.113. The summed E-state index contributed by atoms with van der Waals surface area (Å²) in [5.74, 6) is -6.90. The minimum absolute atomic E-state index is 0.592. The average molecular weight is 202 g/mol. The van der Waals surface area contributed by atoms with Gasteiger partial charge in [-0.3, -0.25) is 9.59 Å². The zero-order chi connectivity index (χ0) is 10.9. The average Bonchev–Trinajstić information content (AvgIpc) is 2.13. The lowest BCUT2D eigenvalue weighted by atomic mass is 10.1. The van der Waals surface area contributed by atoms with Gasteiger partial charge >= 0.3 is 0 Å². The largest absolute Gasteiger partial charge is 0.291 e. The Hall–Kier alpha value is -1.65. The summed E-state index contributed by atoms with van der Waals surface area (Å²) in [7, 11) is 0. The summed E-state index contributed by atoms with van der Waals surface area (Å²) < 4.78 is 37.9. The first kappa shape index (κ1) is 10.4. The Morgan fingerprint density at radius 3 is 2.14 bits per heavy atom. The number of Topliss-reactive ketones (excluding diaryl/α,β-unsaturated/α-hetero) is 2. The van der Waals surface area contributed by atoms with Gasteiger partial charge in [-0.25, -0.2) is 13.2 Å². The minimum Gasteiger partial charge on any atom is -0.291 e. The molecule has 0 radical (unpaired) electrons. The quantitative estimate of drug-likeness (QED) is 0.416. The van der Waals surface area contributed by atoms with Crippen LogP contribution in [-0.2, 0) is 4.79 Å². The Morgan fingerprint density at radius 1 is 1.07 bits per heavy atom. The molecule has 0 aromatic heterocycles. The Morgan fingerprint density at radius 2 is 1.64 bits per heavy atom. The smallest absolute Gasteiger partial charge is 0.231 e. The van der Waals surface area contributed by atoms with Gasteiger partial charge in [0.05, 0.1) is 5.56 Å². The molecule has 1 rings (SSSR count). The molecule has 1 aromatic rings. The van der Waals surface area contributed by atoms with Crippen molar-refractivity contribution in [1.29, 1.82) is 0 Å². The minimum atomic E-state index is -1.75. The van der Waals surface area contributed by atoms with Crippen LogP contribution in [0.4, 0.5) is 13.2 Å². The second-order valence-electron chi connectivity index (χ2n) is 2.61. The van der Waals surface area contributed by atoms with E-state index in [4.69, 9.17) is 0 Å². The van der Waals surface area contributed by atoms with E-state index in [-0.39, 0.29) is 0 Å². The fraction of sp³-hybridized carbons (Fsp3) is 0.111. The first-order chi connectivity index (χ1) is 6.45. The molecule has 0 aliphatic heterocycles. The molecule has 0 amide bonds. The SMILES string of the molecule is CC(=O)C(=O)c1ccc(F)c(F)c1F. The Bertz CT molecular complexity index is 413. The van der Waals surface area contributed by atoms with Crippen LogP contribution in [0.15, 0.2) is 12.1 Å². The molecule has 0 unspecified atom stereocenters. The molecule has 14 heavy (non-hydrogen) atoms. The zero-order valence-electron chi connectivity index (χ0n) is 7.11. The third-order valence-corrected chi connectivity index (χ3v) is 1.60. The highest BCUT2D eigenvalue weighted by Gasteiger charge is 2.20. The molecular weight excluding hydrogens is 197 g/mol. The molecule has 0 saturated heterocycles. The third-order valence-electron chi connectivity index (χ3n) is 1.60. The number of ketones is 2. The van der Waals surface area contributed by atoms with Crippen molar-refractivity contribution in [2.24, 2.45) is 0 Å². The van der Waals surface area contributed by atoms with Crippen LogP contribution >= 0.6 is 0 Å². The highest BCUT2D eigenvalue weighted by molar-refractivity contribution is 6.42. The Balaban J connectivity index is 3.31. The summed E-state index contributed by atoms with van der Waals surface area (Å²) >= 11 is 0. The van der Waals surface area contributed by atoms with E-state index in [0.29, 0.717) is 6.07 Å². The molecule has 0 aliphatic rings. The maximum Gasteiger partial charge on any atom is 0.231 e. The van der Waals surface area contributed by atoms with Crippen molar-refractivity contribution in [1.82, 2.24) is 0 Å². The van der Waals surface area contributed by atoms with Crippen molar-refractivity contribution in [2.75, 3.05) is 0 Å². The first-order valence-electron chi connectivity index (χ1n) is 3.64. The lowest BCUT2D eigenvalue weighted by Crippen LogP contribution is -2.13. The summed E-state index contributed by atoms with van der Waals surface area (Å²) in [6.45, 7) is 0.920. The van der Waals surface area contributed by atoms with Crippen LogP contribution in [0.2, 0.25) is 0 Å². The third kappa shape index (κ3) is 1.66. The molecule has 0 fully saturated rings. The van der Waals surface area contributed by atoms with E-state index in [2.05, 4.69) is 0 Å². The van der Waals surface area contributed by atoms with Gasteiger partial charge < -0.3 is 0 Å². The van der Waals surface area contributed by atoms with Gasteiger partial charge in [0, 0.05) is 6.92 Å². The van der Waals surface area contributed by atoms with E-state index in [1.54, 1.807) is 0 Å². The predicted octanol–water partition coefficient (Wildman–Crippen LogP) is 1.88. The van der Waals surface area contributed by atoms with Crippen molar-refractivity contribution >= 4 is 11.6 Å². The maximum absolute atomic E-state index is 12.9. The molecule has 0 N–H and O–H groups in total. The standard InChI is InChI=1S/C9H5F3O2/c1-4(13)9(14)5-2-3-6(10)8(12)7(5)11/h2-3H,1H3. The molecule has 74 valence electrons. The molecule has 2 nitrogen and oxygen atoms in total. The number of rotatable bonds is 2. The summed E-state index contributed by atoms with van der Waals surface area (Å²) in [6.07, 6.45) is 0. The molecule has 1 aromatic carbocycles. The van der Waals surface area contributed by atoms with Gasteiger partial charge in [0.2, 0.25) is 5.78 Å².